The van der Waals surface area contributed by atoms with Gasteiger partial charge in [-0.15, -0.1) is 0 Å². The van der Waals surface area contributed by atoms with Crippen molar-refractivity contribution < 1.29 is 19.3 Å². The van der Waals surface area contributed by atoms with Crippen molar-refractivity contribution in [1.82, 2.24) is 0 Å². The van der Waals surface area contributed by atoms with E-state index in [-0.39, 0.29) is 0 Å². The molecule has 21 heavy (non-hydrogen) atoms. The minimum Gasteiger partial charge on any atom is -0.497 e. The Balaban J connectivity index is 2.26. The van der Waals surface area contributed by atoms with E-state index in [0.717, 1.165) is 0 Å². The van der Waals surface area contributed by atoms with E-state index in [1.54, 1.807) is 49.6 Å². The fourth-order valence-electron chi connectivity index (χ4n) is 2.08. The Labute approximate surface area is 122 Å². The third kappa shape index (κ3) is 3.71. The van der Waals surface area contributed by atoms with Crippen molar-refractivity contribution in [3.63, 3.8) is 0 Å². The quantitative estimate of drug-likeness (QED) is 0.764. The number of methoxy groups -OCH3 is 1. The van der Waals surface area contributed by atoms with Crippen LogP contribution in [0.15, 0.2) is 48.5 Å². The molecule has 2 atom stereocenters. The molecule has 0 aromatic heterocycles. The van der Waals surface area contributed by atoms with Gasteiger partial charge in [0.2, 0.25) is 0 Å². The van der Waals surface area contributed by atoms with Gasteiger partial charge >= 0.3 is 0 Å². The largest absolute Gasteiger partial charge is 0.497 e. The summed E-state index contributed by atoms with van der Waals surface area (Å²) in [5.41, 5.74) is 0.992. The minimum absolute atomic E-state index is 0.301. The highest BCUT2D eigenvalue weighted by Gasteiger charge is 2.23. The number of ether oxygens (including phenoxy) is 1. The lowest BCUT2D eigenvalue weighted by Gasteiger charge is -2.24. The summed E-state index contributed by atoms with van der Waals surface area (Å²) in [7, 11) is 1.57. The first-order valence-corrected chi connectivity index (χ1v) is 6.59. The zero-order valence-electron chi connectivity index (χ0n) is 11.7. The predicted octanol–water partition coefficient (Wildman–Crippen LogP) is 2.34. The van der Waals surface area contributed by atoms with Gasteiger partial charge in [0.05, 0.1) is 19.8 Å². The van der Waals surface area contributed by atoms with Crippen LogP contribution in [0, 0.1) is 5.82 Å². The highest BCUT2D eigenvalue weighted by Crippen LogP contribution is 2.26. The number of aliphatic hydroxyl groups excluding tert-OH is 2. The first-order valence-electron chi connectivity index (χ1n) is 6.59. The Morgan fingerprint density at radius 3 is 2.38 bits per heavy atom. The molecule has 0 saturated heterocycles. The van der Waals surface area contributed by atoms with Crippen LogP contribution in [0.2, 0.25) is 0 Å². The van der Waals surface area contributed by atoms with Gasteiger partial charge in [-0.05, 0) is 30.3 Å². The molecule has 0 bridgehead atoms. The lowest BCUT2D eigenvalue weighted by Crippen LogP contribution is -2.29. The van der Waals surface area contributed by atoms with Crippen molar-refractivity contribution in [3.8, 4) is 5.75 Å². The van der Waals surface area contributed by atoms with E-state index in [0.29, 0.717) is 17.0 Å². The van der Waals surface area contributed by atoms with Crippen molar-refractivity contribution in [2.24, 2.45) is 0 Å². The van der Waals surface area contributed by atoms with Gasteiger partial charge in [0, 0.05) is 11.3 Å². The molecular formula is C16H18FNO3. The third-order valence-corrected chi connectivity index (χ3v) is 3.22. The second-order valence-corrected chi connectivity index (χ2v) is 4.62. The van der Waals surface area contributed by atoms with Crippen LogP contribution in [-0.2, 0) is 0 Å². The molecule has 5 heteroatoms. The summed E-state index contributed by atoms with van der Waals surface area (Å²) in [4.78, 5) is 0. The van der Waals surface area contributed by atoms with Crippen LogP contribution in [-0.4, -0.2) is 30.0 Å². The van der Waals surface area contributed by atoms with Gasteiger partial charge < -0.3 is 20.3 Å². The first kappa shape index (κ1) is 15.3. The van der Waals surface area contributed by atoms with E-state index in [1.165, 1.54) is 6.07 Å². The molecule has 2 aromatic carbocycles. The molecular weight excluding hydrogens is 273 g/mol. The second-order valence-electron chi connectivity index (χ2n) is 4.62. The van der Waals surface area contributed by atoms with Gasteiger partial charge in [-0.3, -0.25) is 0 Å². The highest BCUT2D eigenvalue weighted by atomic mass is 19.1. The number of anilines is 1. The molecule has 0 unspecified atom stereocenters. The summed E-state index contributed by atoms with van der Waals surface area (Å²) >= 11 is 0. The topological polar surface area (TPSA) is 61.7 Å². The van der Waals surface area contributed by atoms with Crippen LogP contribution >= 0.6 is 0 Å². The second kappa shape index (κ2) is 7.06. The van der Waals surface area contributed by atoms with Crippen molar-refractivity contribution >= 4 is 5.69 Å². The summed E-state index contributed by atoms with van der Waals surface area (Å²) in [6.45, 7) is -0.470. The predicted molar refractivity (Wildman–Crippen MR) is 78.9 cm³/mol. The number of hydrogen-bond donors (Lipinski definition) is 3. The lowest BCUT2D eigenvalue weighted by atomic mass is 10.0. The molecule has 0 aliphatic carbocycles. The highest BCUT2D eigenvalue weighted by molar-refractivity contribution is 5.48. The normalized spacial score (nSPS) is 13.5. The molecule has 0 aliphatic heterocycles. The van der Waals surface area contributed by atoms with Crippen molar-refractivity contribution in [1.29, 1.82) is 0 Å². The maximum atomic E-state index is 13.9. The van der Waals surface area contributed by atoms with E-state index in [4.69, 9.17) is 4.74 Å². The molecule has 0 spiro atoms. The van der Waals surface area contributed by atoms with Gasteiger partial charge in [-0.25, -0.2) is 4.39 Å². The van der Waals surface area contributed by atoms with Gasteiger partial charge in [0.15, 0.2) is 0 Å². The van der Waals surface area contributed by atoms with E-state index in [9.17, 15) is 14.6 Å². The SMILES string of the molecule is COc1ccc(N[C@H](c2ccccc2F)[C@@H](O)CO)cc1. The summed E-state index contributed by atoms with van der Waals surface area (Å²) in [5.74, 6) is 0.265. The van der Waals surface area contributed by atoms with E-state index in [2.05, 4.69) is 5.32 Å². The maximum Gasteiger partial charge on any atom is 0.128 e. The summed E-state index contributed by atoms with van der Waals surface area (Å²) in [5, 5.41) is 22.2. The van der Waals surface area contributed by atoms with Crippen LogP contribution in [0.1, 0.15) is 11.6 Å². The maximum absolute atomic E-state index is 13.9. The molecule has 3 N–H and O–H groups in total. The van der Waals surface area contributed by atoms with E-state index < -0.39 is 24.6 Å². The summed E-state index contributed by atoms with van der Waals surface area (Å²) < 4.78 is 19.0. The molecule has 0 amide bonds. The zero-order chi connectivity index (χ0) is 15.2. The van der Waals surface area contributed by atoms with Crippen molar-refractivity contribution in [2.75, 3.05) is 19.0 Å². The van der Waals surface area contributed by atoms with Crippen LogP contribution in [0.4, 0.5) is 10.1 Å². The average Bonchev–Trinajstić information content (AvgIpc) is 2.53. The van der Waals surface area contributed by atoms with Gasteiger partial charge in [-0.1, -0.05) is 18.2 Å². The zero-order valence-corrected chi connectivity index (χ0v) is 11.7. The third-order valence-electron chi connectivity index (χ3n) is 3.22. The molecule has 0 fully saturated rings. The number of halogens is 1. The Kier molecular flexibility index (Phi) is 5.14. The number of hydrogen-bond acceptors (Lipinski definition) is 4. The van der Waals surface area contributed by atoms with Crippen LogP contribution < -0.4 is 10.1 Å². The molecule has 0 saturated carbocycles. The van der Waals surface area contributed by atoms with Gasteiger partial charge in [0.1, 0.15) is 17.7 Å². The molecule has 2 aromatic rings. The fourth-order valence-corrected chi connectivity index (χ4v) is 2.08. The molecule has 2 rings (SSSR count). The number of nitrogens with one attached hydrogen (secondary N) is 1. The van der Waals surface area contributed by atoms with Crippen LogP contribution in [0.3, 0.4) is 0 Å². The summed E-state index contributed by atoms with van der Waals surface area (Å²) in [6.07, 6.45) is -1.12. The monoisotopic (exact) mass is 291 g/mol. The summed E-state index contributed by atoms with van der Waals surface area (Å²) in [6, 6.07) is 12.5. The number of benzene rings is 2. The standard InChI is InChI=1S/C16H18FNO3/c1-21-12-8-6-11(7-9-12)18-16(15(20)10-19)13-4-2-3-5-14(13)17/h2-9,15-16,18-20H,10H2,1H3/t15-,16+/m0/s1. The van der Waals surface area contributed by atoms with Crippen molar-refractivity contribution in [3.05, 3.63) is 59.9 Å². The fraction of sp³-hybridized carbons (Fsp3) is 0.250. The Morgan fingerprint density at radius 2 is 1.81 bits per heavy atom. The Hall–Kier alpha value is -2.11. The van der Waals surface area contributed by atoms with Crippen molar-refractivity contribution in [2.45, 2.75) is 12.1 Å². The molecule has 0 heterocycles. The molecule has 112 valence electrons. The Bertz CT molecular complexity index is 574. The Morgan fingerprint density at radius 1 is 1.14 bits per heavy atom. The lowest BCUT2D eigenvalue weighted by molar-refractivity contribution is 0.0786. The number of rotatable bonds is 6. The van der Waals surface area contributed by atoms with E-state index in [1.807, 2.05) is 0 Å². The van der Waals surface area contributed by atoms with Gasteiger partial charge in [0.25, 0.3) is 0 Å². The molecule has 0 aliphatic rings. The first-order chi connectivity index (χ1) is 10.2. The van der Waals surface area contributed by atoms with Gasteiger partial charge in [-0.2, -0.15) is 0 Å². The smallest absolute Gasteiger partial charge is 0.128 e. The minimum atomic E-state index is -1.12. The average molecular weight is 291 g/mol. The molecule has 0 radical (unpaired) electrons. The van der Waals surface area contributed by atoms with E-state index >= 15 is 0 Å². The van der Waals surface area contributed by atoms with Crippen LogP contribution in [0.5, 0.6) is 5.75 Å². The van der Waals surface area contributed by atoms with Crippen LogP contribution in [0.25, 0.3) is 0 Å². The molecule has 4 nitrogen and oxygen atoms in total. The number of aliphatic hydroxyl groups is 2.